The van der Waals surface area contributed by atoms with E-state index in [1.165, 1.54) is 28.8 Å². The van der Waals surface area contributed by atoms with Crippen molar-refractivity contribution in [1.82, 2.24) is 15.5 Å². The quantitative estimate of drug-likeness (QED) is 0.189. The van der Waals surface area contributed by atoms with Crippen LogP contribution in [0.15, 0.2) is 146 Å². The van der Waals surface area contributed by atoms with Crippen molar-refractivity contribution in [2.45, 2.75) is 18.5 Å². The third kappa shape index (κ3) is 4.97. The van der Waals surface area contributed by atoms with Crippen molar-refractivity contribution in [3.05, 3.63) is 185 Å². The first kappa shape index (κ1) is 25.5. The summed E-state index contributed by atoms with van der Waals surface area (Å²) < 4.78 is 13.3. The van der Waals surface area contributed by atoms with Crippen LogP contribution in [0.2, 0.25) is 0 Å². The molecule has 2 N–H and O–H groups in total. The van der Waals surface area contributed by atoms with Crippen molar-refractivity contribution in [2.75, 3.05) is 0 Å². The number of nitrogens with zero attached hydrogens (tertiary/aromatic N) is 1. The van der Waals surface area contributed by atoms with Crippen LogP contribution in [0.25, 0.3) is 11.3 Å². The largest absolute Gasteiger partial charge is 0.309 e. The molecule has 196 valence electrons. The van der Waals surface area contributed by atoms with Crippen LogP contribution in [0, 0.1) is 5.82 Å². The van der Waals surface area contributed by atoms with Gasteiger partial charge in [0.1, 0.15) is 5.82 Å². The summed E-state index contributed by atoms with van der Waals surface area (Å²) in [6.07, 6.45) is 1.97. The van der Waals surface area contributed by atoms with Crippen LogP contribution < -0.4 is 5.32 Å². The maximum Gasteiger partial charge on any atom is 0.123 e. The lowest BCUT2D eigenvalue weighted by atomic mass is 9.65. The summed E-state index contributed by atoms with van der Waals surface area (Å²) in [5, 5.41) is 11.4. The molecular weight excluding hydrogens is 493 g/mol. The van der Waals surface area contributed by atoms with Gasteiger partial charge in [0.05, 0.1) is 17.3 Å². The third-order valence-corrected chi connectivity index (χ3v) is 7.45. The Morgan fingerprint density at radius 2 is 1.15 bits per heavy atom. The number of halogens is 1. The lowest BCUT2D eigenvalue weighted by Crippen LogP contribution is -2.31. The summed E-state index contributed by atoms with van der Waals surface area (Å²) in [6, 6.07) is 47.1. The van der Waals surface area contributed by atoms with E-state index in [4.69, 9.17) is 0 Å². The van der Waals surface area contributed by atoms with Crippen molar-refractivity contribution in [3.8, 4) is 11.3 Å². The summed E-state index contributed by atoms with van der Waals surface area (Å²) in [5.41, 5.74) is 8.29. The van der Waals surface area contributed by atoms with Crippen molar-refractivity contribution < 1.29 is 4.39 Å². The topological polar surface area (TPSA) is 40.7 Å². The standard InChI is InChI=1S/C36H30FN3/c37-33-21-19-27(20-22-33)24-38-25-28-11-10-12-29(23-28)35-34(26-39-40-35)36(30-13-4-1-5-14-30,31-15-6-2-7-16-31)32-17-8-3-9-18-32/h1-23,26,38H,24-25H2,(H,39,40). The average molecular weight is 524 g/mol. The number of hydrogen-bond donors (Lipinski definition) is 2. The number of aromatic amines is 1. The van der Waals surface area contributed by atoms with Gasteiger partial charge in [0.15, 0.2) is 0 Å². The molecule has 0 saturated heterocycles. The van der Waals surface area contributed by atoms with Crippen molar-refractivity contribution >= 4 is 0 Å². The molecule has 0 fully saturated rings. The van der Waals surface area contributed by atoms with E-state index in [0.29, 0.717) is 13.1 Å². The number of benzene rings is 5. The summed E-state index contributed by atoms with van der Waals surface area (Å²) >= 11 is 0. The lowest BCUT2D eigenvalue weighted by molar-refractivity contribution is 0.625. The number of nitrogens with one attached hydrogen (secondary N) is 2. The minimum atomic E-state index is -0.580. The maximum atomic E-state index is 13.3. The third-order valence-electron chi connectivity index (χ3n) is 7.45. The molecule has 4 heteroatoms. The Hall–Kier alpha value is -4.80. The first-order valence-corrected chi connectivity index (χ1v) is 13.5. The highest BCUT2D eigenvalue weighted by Crippen LogP contribution is 2.47. The maximum absolute atomic E-state index is 13.3. The Balaban J connectivity index is 1.43. The second kappa shape index (κ2) is 11.5. The van der Waals surface area contributed by atoms with E-state index >= 15 is 0 Å². The van der Waals surface area contributed by atoms with Crippen LogP contribution in [0.1, 0.15) is 33.4 Å². The zero-order chi connectivity index (χ0) is 27.2. The van der Waals surface area contributed by atoms with E-state index in [1.807, 2.05) is 18.3 Å². The van der Waals surface area contributed by atoms with E-state index in [-0.39, 0.29) is 5.82 Å². The van der Waals surface area contributed by atoms with Crippen molar-refractivity contribution in [3.63, 3.8) is 0 Å². The molecule has 0 amide bonds. The van der Waals surface area contributed by atoms with Gasteiger partial charge in [-0.15, -0.1) is 0 Å². The second-order valence-electron chi connectivity index (χ2n) is 9.94. The minimum Gasteiger partial charge on any atom is -0.309 e. The number of H-pyrrole nitrogens is 1. The first-order chi connectivity index (χ1) is 19.7. The molecule has 1 heterocycles. The summed E-state index contributed by atoms with van der Waals surface area (Å²) in [6.45, 7) is 1.36. The molecule has 0 aliphatic heterocycles. The van der Waals surface area contributed by atoms with E-state index in [0.717, 1.165) is 27.9 Å². The van der Waals surface area contributed by atoms with Gasteiger partial charge in [-0.1, -0.05) is 121 Å². The Labute approximate surface area is 234 Å². The Morgan fingerprint density at radius 3 is 1.73 bits per heavy atom. The molecular formula is C36H30FN3. The van der Waals surface area contributed by atoms with E-state index < -0.39 is 5.41 Å². The van der Waals surface area contributed by atoms with E-state index in [9.17, 15) is 4.39 Å². The predicted molar refractivity (Wildman–Crippen MR) is 159 cm³/mol. The lowest BCUT2D eigenvalue weighted by Gasteiger charge is -2.36. The fraction of sp³-hybridized carbons (Fsp3) is 0.0833. The molecule has 0 aliphatic rings. The number of rotatable bonds is 9. The Bertz CT molecular complexity index is 1560. The summed E-state index contributed by atoms with van der Waals surface area (Å²) in [4.78, 5) is 0. The van der Waals surface area contributed by atoms with Gasteiger partial charge in [-0.05, 0) is 46.0 Å². The number of hydrogen-bond acceptors (Lipinski definition) is 2. The fourth-order valence-electron chi connectivity index (χ4n) is 5.61. The average Bonchev–Trinajstić information content (AvgIpc) is 3.51. The van der Waals surface area contributed by atoms with Gasteiger partial charge >= 0.3 is 0 Å². The zero-order valence-electron chi connectivity index (χ0n) is 22.1. The van der Waals surface area contributed by atoms with Gasteiger partial charge in [-0.25, -0.2) is 4.39 Å². The first-order valence-electron chi connectivity index (χ1n) is 13.5. The highest BCUT2D eigenvalue weighted by atomic mass is 19.1. The molecule has 0 aliphatic carbocycles. The van der Waals surface area contributed by atoms with Gasteiger partial charge < -0.3 is 5.32 Å². The van der Waals surface area contributed by atoms with Crippen LogP contribution in [-0.4, -0.2) is 10.2 Å². The molecule has 0 spiro atoms. The molecule has 0 atom stereocenters. The summed E-state index contributed by atoms with van der Waals surface area (Å²) in [5.74, 6) is -0.218. The molecule has 0 radical (unpaired) electrons. The molecule has 6 aromatic rings. The predicted octanol–water partition coefficient (Wildman–Crippen LogP) is 7.89. The molecule has 0 saturated carbocycles. The van der Waals surface area contributed by atoms with Crippen LogP contribution in [0.4, 0.5) is 4.39 Å². The monoisotopic (exact) mass is 523 g/mol. The molecule has 3 nitrogen and oxygen atoms in total. The molecule has 0 unspecified atom stereocenters. The minimum absolute atomic E-state index is 0.218. The van der Waals surface area contributed by atoms with Crippen molar-refractivity contribution in [2.24, 2.45) is 0 Å². The Kier molecular flexibility index (Phi) is 7.34. The van der Waals surface area contributed by atoms with E-state index in [1.54, 1.807) is 0 Å². The smallest absolute Gasteiger partial charge is 0.123 e. The highest BCUT2D eigenvalue weighted by Gasteiger charge is 2.41. The molecule has 0 bridgehead atoms. The normalized spacial score (nSPS) is 11.4. The highest BCUT2D eigenvalue weighted by molar-refractivity contribution is 5.72. The van der Waals surface area contributed by atoms with Gasteiger partial charge in [0.25, 0.3) is 0 Å². The van der Waals surface area contributed by atoms with Gasteiger partial charge in [0.2, 0.25) is 0 Å². The second-order valence-corrected chi connectivity index (χ2v) is 9.94. The zero-order valence-corrected chi connectivity index (χ0v) is 22.1. The number of aromatic nitrogens is 2. The summed E-state index contributed by atoms with van der Waals surface area (Å²) in [7, 11) is 0. The van der Waals surface area contributed by atoms with Crippen molar-refractivity contribution in [1.29, 1.82) is 0 Å². The van der Waals surface area contributed by atoms with Gasteiger partial charge in [-0.2, -0.15) is 5.10 Å². The fourth-order valence-corrected chi connectivity index (χ4v) is 5.61. The van der Waals surface area contributed by atoms with Crippen LogP contribution >= 0.6 is 0 Å². The van der Waals surface area contributed by atoms with Gasteiger partial charge in [-0.3, -0.25) is 5.10 Å². The SMILES string of the molecule is Fc1ccc(CNCc2cccc(-c3[nH]ncc3C(c3ccccc3)(c3ccccc3)c3ccccc3)c2)cc1. The molecule has 40 heavy (non-hydrogen) atoms. The molecule has 6 rings (SSSR count). The molecule has 5 aromatic carbocycles. The van der Waals surface area contributed by atoms with Crippen LogP contribution in [0.5, 0.6) is 0 Å². The Morgan fingerprint density at radius 1 is 0.600 bits per heavy atom. The van der Waals surface area contributed by atoms with E-state index in [2.05, 4.69) is 131 Å². The van der Waals surface area contributed by atoms with Crippen LogP contribution in [0.3, 0.4) is 0 Å². The molecule has 1 aromatic heterocycles. The van der Waals surface area contributed by atoms with Gasteiger partial charge in [0, 0.05) is 24.2 Å². The van der Waals surface area contributed by atoms with Crippen LogP contribution in [-0.2, 0) is 18.5 Å².